The zero-order valence-electron chi connectivity index (χ0n) is 11.8. The first-order valence-electron chi connectivity index (χ1n) is 7.27. The summed E-state index contributed by atoms with van der Waals surface area (Å²) in [6, 6.07) is 8.30. The number of aliphatic hydroxyl groups is 1. The molecule has 1 atom stereocenters. The number of rotatable bonds is 4. The Morgan fingerprint density at radius 3 is 2.70 bits per heavy atom. The third kappa shape index (κ3) is 2.95. The molecule has 1 N–H and O–H groups in total. The quantitative estimate of drug-likeness (QED) is 0.937. The van der Waals surface area contributed by atoms with E-state index in [9.17, 15) is 5.11 Å². The average molecular weight is 291 g/mol. The Bertz CT molecular complexity index is 530. The van der Waals surface area contributed by atoms with Gasteiger partial charge in [0.05, 0.1) is 16.3 Å². The highest BCUT2D eigenvalue weighted by atomic mass is 32.1. The highest BCUT2D eigenvalue weighted by molar-refractivity contribution is 7.22. The van der Waals surface area contributed by atoms with E-state index >= 15 is 0 Å². The van der Waals surface area contributed by atoms with Crippen molar-refractivity contribution in [3.8, 4) is 0 Å². The number of anilines is 1. The number of benzene rings is 1. The molecule has 0 radical (unpaired) electrons. The zero-order chi connectivity index (χ0) is 13.9. The molecule has 1 aliphatic rings. The van der Waals surface area contributed by atoms with Gasteiger partial charge < -0.3 is 10.0 Å². The molecule has 1 saturated heterocycles. The number of β-amino-alcohol motifs (C(OH)–C–C–N with tert-alkyl or cyclic N) is 1. The van der Waals surface area contributed by atoms with E-state index in [1.165, 1.54) is 4.70 Å². The summed E-state index contributed by atoms with van der Waals surface area (Å²) in [6.07, 6.45) is 0.641. The molecule has 1 unspecified atom stereocenters. The van der Waals surface area contributed by atoms with Crippen molar-refractivity contribution in [1.82, 2.24) is 9.88 Å². The van der Waals surface area contributed by atoms with Gasteiger partial charge in [0.15, 0.2) is 5.13 Å². The van der Waals surface area contributed by atoms with Crippen LogP contribution < -0.4 is 4.90 Å². The van der Waals surface area contributed by atoms with Crippen LogP contribution in [0.15, 0.2) is 24.3 Å². The Morgan fingerprint density at radius 1 is 1.25 bits per heavy atom. The van der Waals surface area contributed by atoms with Gasteiger partial charge in [-0.1, -0.05) is 30.4 Å². The van der Waals surface area contributed by atoms with E-state index < -0.39 is 0 Å². The topological polar surface area (TPSA) is 39.6 Å². The molecule has 0 bridgehead atoms. The van der Waals surface area contributed by atoms with Gasteiger partial charge in [-0.25, -0.2) is 4.98 Å². The molecular formula is C15H21N3OS. The fraction of sp³-hybridized carbons (Fsp3) is 0.533. The number of hydrogen-bond acceptors (Lipinski definition) is 5. The lowest BCUT2D eigenvalue weighted by atomic mass is 10.2. The van der Waals surface area contributed by atoms with Crippen LogP contribution in [0.4, 0.5) is 5.13 Å². The maximum Gasteiger partial charge on any atom is 0.186 e. The van der Waals surface area contributed by atoms with Crippen molar-refractivity contribution < 1.29 is 5.11 Å². The summed E-state index contributed by atoms with van der Waals surface area (Å²) in [5.74, 6) is 0. The minimum atomic E-state index is -0.191. The van der Waals surface area contributed by atoms with Gasteiger partial charge in [0.25, 0.3) is 0 Å². The number of hydrogen-bond donors (Lipinski definition) is 1. The van der Waals surface area contributed by atoms with E-state index in [1.807, 2.05) is 13.0 Å². The van der Waals surface area contributed by atoms with Crippen LogP contribution in [0.1, 0.15) is 13.3 Å². The molecule has 20 heavy (non-hydrogen) atoms. The predicted octanol–water partition coefficient (Wildman–Crippen LogP) is 2.19. The van der Waals surface area contributed by atoms with Crippen molar-refractivity contribution in [2.24, 2.45) is 0 Å². The molecule has 0 saturated carbocycles. The summed E-state index contributed by atoms with van der Waals surface area (Å²) in [5, 5.41) is 10.8. The van der Waals surface area contributed by atoms with Crippen molar-refractivity contribution in [3.63, 3.8) is 0 Å². The van der Waals surface area contributed by atoms with Crippen molar-refractivity contribution >= 4 is 26.7 Å². The molecule has 1 aromatic heterocycles. The minimum Gasteiger partial charge on any atom is -0.392 e. The second kappa shape index (κ2) is 6.08. The number of para-hydroxylation sites is 1. The molecular weight excluding hydrogens is 270 g/mol. The SMILES string of the molecule is CCC(O)CN1CCN(c2nc3ccccc3s2)CC1. The van der Waals surface area contributed by atoms with Crippen LogP contribution in [-0.2, 0) is 0 Å². The molecule has 1 aliphatic heterocycles. The van der Waals surface area contributed by atoms with Gasteiger partial charge >= 0.3 is 0 Å². The summed E-state index contributed by atoms with van der Waals surface area (Å²) in [7, 11) is 0. The first-order valence-corrected chi connectivity index (χ1v) is 8.09. The normalized spacial score (nSPS) is 18.6. The van der Waals surface area contributed by atoms with Crippen LogP contribution in [0.5, 0.6) is 0 Å². The van der Waals surface area contributed by atoms with E-state index in [1.54, 1.807) is 11.3 Å². The third-order valence-electron chi connectivity index (χ3n) is 3.87. The molecule has 4 nitrogen and oxygen atoms in total. The van der Waals surface area contributed by atoms with Crippen LogP contribution in [0.25, 0.3) is 10.2 Å². The van der Waals surface area contributed by atoms with E-state index in [2.05, 4.69) is 28.0 Å². The highest BCUT2D eigenvalue weighted by Gasteiger charge is 2.20. The summed E-state index contributed by atoms with van der Waals surface area (Å²) in [5.41, 5.74) is 1.09. The Labute approximate surface area is 123 Å². The standard InChI is InChI=1S/C15H21N3OS/c1-2-12(19)11-17-7-9-18(10-8-17)15-16-13-5-3-4-6-14(13)20-15/h3-6,12,19H,2,7-11H2,1H3. The maximum atomic E-state index is 9.72. The van der Waals surface area contributed by atoms with E-state index in [-0.39, 0.29) is 6.10 Å². The second-order valence-electron chi connectivity index (χ2n) is 5.31. The lowest BCUT2D eigenvalue weighted by molar-refractivity contribution is 0.106. The Morgan fingerprint density at radius 2 is 2.00 bits per heavy atom. The van der Waals surface area contributed by atoms with Gasteiger partial charge in [0, 0.05) is 32.7 Å². The molecule has 3 rings (SSSR count). The largest absolute Gasteiger partial charge is 0.392 e. The van der Waals surface area contributed by atoms with Crippen LogP contribution >= 0.6 is 11.3 Å². The molecule has 1 fully saturated rings. The number of piperazine rings is 1. The van der Waals surface area contributed by atoms with Crippen molar-refractivity contribution in [1.29, 1.82) is 0 Å². The maximum absolute atomic E-state index is 9.72. The summed E-state index contributed by atoms with van der Waals surface area (Å²) < 4.78 is 1.26. The van der Waals surface area contributed by atoms with Gasteiger partial charge in [-0.15, -0.1) is 0 Å². The van der Waals surface area contributed by atoms with Gasteiger partial charge in [0.2, 0.25) is 0 Å². The molecule has 2 aromatic rings. The average Bonchev–Trinajstić information content (AvgIpc) is 2.91. The van der Waals surface area contributed by atoms with E-state index in [0.717, 1.165) is 49.8 Å². The lowest BCUT2D eigenvalue weighted by Crippen LogP contribution is -2.48. The first kappa shape index (κ1) is 13.8. The Hall–Kier alpha value is -1.17. The molecule has 0 aliphatic carbocycles. The van der Waals surface area contributed by atoms with Crippen LogP contribution in [0, 0.1) is 0 Å². The highest BCUT2D eigenvalue weighted by Crippen LogP contribution is 2.29. The number of fused-ring (bicyclic) bond motifs is 1. The fourth-order valence-electron chi connectivity index (χ4n) is 2.54. The summed E-state index contributed by atoms with van der Waals surface area (Å²) >= 11 is 1.77. The van der Waals surface area contributed by atoms with Crippen molar-refractivity contribution in [3.05, 3.63) is 24.3 Å². The molecule has 0 amide bonds. The van der Waals surface area contributed by atoms with Gasteiger partial charge in [0.1, 0.15) is 0 Å². The third-order valence-corrected chi connectivity index (χ3v) is 4.96. The van der Waals surface area contributed by atoms with Gasteiger partial charge in [-0.3, -0.25) is 4.90 Å². The van der Waals surface area contributed by atoms with Crippen LogP contribution in [-0.4, -0.2) is 53.8 Å². The van der Waals surface area contributed by atoms with Crippen LogP contribution in [0.2, 0.25) is 0 Å². The monoisotopic (exact) mass is 291 g/mol. The number of aliphatic hydroxyl groups excluding tert-OH is 1. The number of nitrogens with zero attached hydrogens (tertiary/aromatic N) is 3. The molecule has 108 valence electrons. The second-order valence-corrected chi connectivity index (χ2v) is 6.32. The minimum absolute atomic E-state index is 0.191. The molecule has 1 aromatic carbocycles. The smallest absolute Gasteiger partial charge is 0.186 e. The zero-order valence-corrected chi connectivity index (χ0v) is 12.6. The molecule has 2 heterocycles. The van der Waals surface area contributed by atoms with E-state index in [4.69, 9.17) is 4.98 Å². The number of thiazole rings is 1. The number of aromatic nitrogens is 1. The summed E-state index contributed by atoms with van der Waals surface area (Å²) in [6.45, 7) is 6.83. The van der Waals surface area contributed by atoms with Crippen molar-refractivity contribution in [2.45, 2.75) is 19.4 Å². The molecule has 0 spiro atoms. The Kier molecular flexibility index (Phi) is 4.19. The lowest BCUT2D eigenvalue weighted by Gasteiger charge is -2.35. The van der Waals surface area contributed by atoms with E-state index in [0.29, 0.717) is 0 Å². The van der Waals surface area contributed by atoms with Crippen LogP contribution in [0.3, 0.4) is 0 Å². The Balaban J connectivity index is 1.63. The van der Waals surface area contributed by atoms with Gasteiger partial charge in [-0.2, -0.15) is 0 Å². The predicted molar refractivity (Wildman–Crippen MR) is 84.6 cm³/mol. The summed E-state index contributed by atoms with van der Waals surface area (Å²) in [4.78, 5) is 9.42. The first-order chi connectivity index (χ1) is 9.76. The van der Waals surface area contributed by atoms with Gasteiger partial charge in [-0.05, 0) is 18.6 Å². The fourth-order valence-corrected chi connectivity index (χ4v) is 3.56. The van der Waals surface area contributed by atoms with Crippen molar-refractivity contribution in [2.75, 3.05) is 37.6 Å². The molecule has 5 heteroatoms.